The lowest BCUT2D eigenvalue weighted by molar-refractivity contribution is -0.120. The number of aromatic nitrogens is 1. The van der Waals surface area contributed by atoms with Crippen LogP contribution in [0.4, 0.5) is 15.8 Å². The van der Waals surface area contributed by atoms with E-state index in [1.54, 1.807) is 24.1 Å². The number of anilines is 2. The Kier molecular flexibility index (Phi) is 4.55. The van der Waals surface area contributed by atoms with E-state index in [9.17, 15) is 14.0 Å². The number of hydrogen-bond donors (Lipinski definition) is 1. The Morgan fingerprint density at radius 1 is 1.38 bits per heavy atom. The second-order valence-electron chi connectivity index (χ2n) is 5.92. The van der Waals surface area contributed by atoms with Crippen LogP contribution in [0.25, 0.3) is 0 Å². The van der Waals surface area contributed by atoms with Crippen molar-refractivity contribution < 1.29 is 14.0 Å². The van der Waals surface area contributed by atoms with Crippen molar-refractivity contribution in [1.29, 1.82) is 0 Å². The smallest absolute Gasteiger partial charge is 0.229 e. The number of halogens is 1. The van der Waals surface area contributed by atoms with Gasteiger partial charge in [-0.25, -0.2) is 4.39 Å². The maximum atomic E-state index is 13.2. The first-order valence-electron chi connectivity index (χ1n) is 7.84. The molecule has 24 heavy (non-hydrogen) atoms. The maximum absolute atomic E-state index is 13.2. The van der Waals surface area contributed by atoms with Crippen LogP contribution in [-0.2, 0) is 16.0 Å². The molecule has 1 aliphatic heterocycles. The summed E-state index contributed by atoms with van der Waals surface area (Å²) < 4.78 is 13.2. The van der Waals surface area contributed by atoms with E-state index < -0.39 is 5.82 Å². The van der Waals surface area contributed by atoms with Gasteiger partial charge in [0.25, 0.3) is 0 Å². The van der Waals surface area contributed by atoms with E-state index >= 15 is 0 Å². The number of nitrogens with one attached hydrogen (secondary N) is 1. The molecule has 1 aromatic carbocycles. The highest BCUT2D eigenvalue weighted by atomic mass is 19.1. The molecule has 1 aromatic heterocycles. The Balaban J connectivity index is 1.79. The van der Waals surface area contributed by atoms with E-state index in [0.717, 1.165) is 6.20 Å². The maximum Gasteiger partial charge on any atom is 0.229 e. The summed E-state index contributed by atoms with van der Waals surface area (Å²) >= 11 is 0. The van der Waals surface area contributed by atoms with Gasteiger partial charge in [-0.3, -0.25) is 14.6 Å². The lowest BCUT2D eigenvalue weighted by Crippen LogP contribution is -2.36. The fraction of sp³-hybridized carbons (Fsp3) is 0.278. The number of hydrogen-bond acceptors (Lipinski definition) is 3. The molecule has 0 aliphatic carbocycles. The van der Waals surface area contributed by atoms with Gasteiger partial charge >= 0.3 is 0 Å². The summed E-state index contributed by atoms with van der Waals surface area (Å²) in [5.41, 5.74) is 2.00. The molecule has 1 N–H and O–H groups in total. The number of pyridine rings is 1. The summed E-state index contributed by atoms with van der Waals surface area (Å²) in [5, 5.41) is 2.85. The van der Waals surface area contributed by atoms with E-state index in [1.165, 1.54) is 6.07 Å². The molecule has 1 unspecified atom stereocenters. The molecule has 2 aromatic rings. The molecule has 5 nitrogen and oxygen atoms in total. The number of amides is 2. The average Bonchev–Trinajstić information content (AvgIpc) is 2.70. The molecule has 1 atom stereocenters. The lowest BCUT2D eigenvalue weighted by atomic mass is 10.1. The second-order valence-corrected chi connectivity index (χ2v) is 5.92. The SMILES string of the molecule is CC1CN(C(=O)CCc2cncc(F)c2)c2ccccc2NC1=O. The Labute approximate surface area is 139 Å². The third kappa shape index (κ3) is 3.42. The molecule has 0 bridgehead atoms. The minimum absolute atomic E-state index is 0.102. The first-order valence-corrected chi connectivity index (χ1v) is 7.84. The fourth-order valence-corrected chi connectivity index (χ4v) is 2.74. The van der Waals surface area contributed by atoms with Gasteiger partial charge in [-0.05, 0) is 30.2 Å². The largest absolute Gasteiger partial charge is 0.324 e. The zero-order valence-corrected chi connectivity index (χ0v) is 13.3. The molecule has 0 saturated carbocycles. The number of para-hydroxylation sites is 2. The van der Waals surface area contributed by atoms with Crippen molar-refractivity contribution in [2.45, 2.75) is 19.8 Å². The third-order valence-electron chi connectivity index (χ3n) is 4.05. The van der Waals surface area contributed by atoms with E-state index in [1.807, 2.05) is 18.2 Å². The van der Waals surface area contributed by atoms with E-state index in [-0.39, 0.29) is 24.2 Å². The van der Waals surface area contributed by atoms with E-state index in [0.29, 0.717) is 29.9 Å². The summed E-state index contributed by atoms with van der Waals surface area (Å²) in [4.78, 5) is 30.2. The van der Waals surface area contributed by atoms with Crippen molar-refractivity contribution in [2.75, 3.05) is 16.8 Å². The van der Waals surface area contributed by atoms with Gasteiger partial charge in [-0.2, -0.15) is 0 Å². The highest BCUT2D eigenvalue weighted by molar-refractivity contribution is 6.04. The van der Waals surface area contributed by atoms with Crippen LogP contribution in [0.5, 0.6) is 0 Å². The van der Waals surface area contributed by atoms with Crippen molar-refractivity contribution >= 4 is 23.2 Å². The Morgan fingerprint density at radius 3 is 2.96 bits per heavy atom. The fourth-order valence-electron chi connectivity index (χ4n) is 2.74. The Hall–Kier alpha value is -2.76. The van der Waals surface area contributed by atoms with Crippen molar-refractivity contribution in [3.8, 4) is 0 Å². The average molecular weight is 327 g/mol. The van der Waals surface area contributed by atoms with E-state index in [2.05, 4.69) is 10.3 Å². The van der Waals surface area contributed by atoms with Crippen LogP contribution in [-0.4, -0.2) is 23.3 Å². The molecule has 124 valence electrons. The zero-order valence-electron chi connectivity index (χ0n) is 13.3. The van der Waals surface area contributed by atoms with Crippen molar-refractivity contribution in [3.63, 3.8) is 0 Å². The number of carbonyl (C=O) groups is 2. The van der Waals surface area contributed by atoms with Gasteiger partial charge < -0.3 is 10.2 Å². The molecule has 3 rings (SSSR count). The summed E-state index contributed by atoms with van der Waals surface area (Å²) in [5.74, 6) is -0.928. The van der Waals surface area contributed by atoms with Crippen LogP contribution < -0.4 is 10.2 Å². The molecule has 6 heteroatoms. The minimum atomic E-state index is -0.413. The Bertz CT molecular complexity index is 778. The predicted octanol–water partition coefficient (Wildman–Crippen LogP) is 2.77. The molecule has 2 amide bonds. The molecule has 0 radical (unpaired) electrons. The van der Waals surface area contributed by atoms with Gasteiger partial charge in [0, 0.05) is 19.2 Å². The third-order valence-corrected chi connectivity index (χ3v) is 4.05. The van der Waals surface area contributed by atoms with E-state index in [4.69, 9.17) is 0 Å². The van der Waals surface area contributed by atoms with Gasteiger partial charge in [-0.1, -0.05) is 19.1 Å². The number of nitrogens with zero attached hydrogens (tertiary/aromatic N) is 2. The van der Waals surface area contributed by atoms with Gasteiger partial charge in [0.15, 0.2) is 0 Å². The van der Waals surface area contributed by atoms with Gasteiger partial charge in [0.1, 0.15) is 5.82 Å². The number of rotatable bonds is 3. The van der Waals surface area contributed by atoms with Crippen LogP contribution in [0.3, 0.4) is 0 Å². The second kappa shape index (κ2) is 6.78. The lowest BCUT2D eigenvalue weighted by Gasteiger charge is -2.23. The standard InChI is InChI=1S/C18H18FN3O2/c1-12-11-22(16-5-3-2-4-15(16)21-18(12)24)17(23)7-6-13-8-14(19)10-20-9-13/h2-5,8-10,12H,6-7,11H2,1H3,(H,21,24). The van der Waals surface area contributed by atoms with Crippen LogP contribution in [0, 0.1) is 11.7 Å². The first kappa shape index (κ1) is 16.1. The number of fused-ring (bicyclic) bond motifs is 1. The first-order chi connectivity index (χ1) is 11.5. The molecule has 1 aliphatic rings. The number of carbonyl (C=O) groups excluding carboxylic acids is 2. The quantitative estimate of drug-likeness (QED) is 0.943. The van der Waals surface area contributed by atoms with Gasteiger partial charge in [-0.15, -0.1) is 0 Å². The highest BCUT2D eigenvalue weighted by Crippen LogP contribution is 2.30. The van der Waals surface area contributed by atoms with Crippen molar-refractivity contribution in [3.05, 3.63) is 54.1 Å². The minimum Gasteiger partial charge on any atom is -0.324 e. The number of aryl methyl sites for hydroxylation is 1. The molecule has 2 heterocycles. The van der Waals surface area contributed by atoms with Crippen LogP contribution >= 0.6 is 0 Å². The topological polar surface area (TPSA) is 62.3 Å². The number of benzene rings is 1. The van der Waals surface area contributed by atoms with Crippen LogP contribution in [0.2, 0.25) is 0 Å². The molecular weight excluding hydrogens is 309 g/mol. The monoisotopic (exact) mass is 327 g/mol. The van der Waals surface area contributed by atoms with Crippen molar-refractivity contribution in [1.82, 2.24) is 4.98 Å². The van der Waals surface area contributed by atoms with Crippen LogP contribution in [0.15, 0.2) is 42.7 Å². The molecule has 0 fully saturated rings. The normalized spacial score (nSPS) is 17.0. The summed E-state index contributed by atoms with van der Waals surface area (Å²) in [6, 6.07) is 8.62. The Morgan fingerprint density at radius 2 is 2.17 bits per heavy atom. The molecule has 0 spiro atoms. The van der Waals surface area contributed by atoms with Crippen molar-refractivity contribution in [2.24, 2.45) is 5.92 Å². The summed E-state index contributed by atoms with van der Waals surface area (Å²) in [6.07, 6.45) is 3.31. The highest BCUT2D eigenvalue weighted by Gasteiger charge is 2.28. The summed E-state index contributed by atoms with van der Waals surface area (Å²) in [7, 11) is 0. The van der Waals surface area contributed by atoms with Gasteiger partial charge in [0.2, 0.25) is 11.8 Å². The zero-order chi connectivity index (χ0) is 17.1. The predicted molar refractivity (Wildman–Crippen MR) is 89.1 cm³/mol. The van der Waals surface area contributed by atoms with Gasteiger partial charge in [0.05, 0.1) is 23.5 Å². The molecular formula is C18H18FN3O2. The summed E-state index contributed by atoms with van der Waals surface area (Å²) in [6.45, 7) is 2.11. The molecule has 0 saturated heterocycles. The van der Waals surface area contributed by atoms with Crippen LogP contribution in [0.1, 0.15) is 18.9 Å².